The summed E-state index contributed by atoms with van der Waals surface area (Å²) in [7, 11) is 0. The largest absolute Gasteiger partial charge is 0.336 e. The number of hydrogen-bond acceptors (Lipinski definition) is 3. The van der Waals surface area contributed by atoms with E-state index in [1.807, 2.05) is 64.3 Å². The van der Waals surface area contributed by atoms with Crippen LogP contribution in [0.2, 0.25) is 5.02 Å². The lowest BCUT2D eigenvalue weighted by Crippen LogP contribution is -2.48. The third kappa shape index (κ3) is 4.61. The lowest BCUT2D eigenvalue weighted by atomic mass is 10.1. The molecule has 0 atom stereocenters. The highest BCUT2D eigenvalue weighted by molar-refractivity contribution is 6.30. The van der Waals surface area contributed by atoms with Crippen LogP contribution in [0.25, 0.3) is 0 Å². The predicted molar refractivity (Wildman–Crippen MR) is 110 cm³/mol. The Bertz CT molecular complexity index is 933. The minimum absolute atomic E-state index is 0.102. The van der Waals surface area contributed by atoms with E-state index in [1.165, 1.54) is 5.56 Å². The Morgan fingerprint density at radius 3 is 2.39 bits per heavy atom. The minimum Gasteiger partial charge on any atom is -0.336 e. The van der Waals surface area contributed by atoms with Crippen molar-refractivity contribution in [1.82, 2.24) is 19.6 Å². The third-order valence-electron chi connectivity index (χ3n) is 5.03. The van der Waals surface area contributed by atoms with Crippen molar-refractivity contribution in [2.24, 2.45) is 0 Å². The lowest BCUT2D eigenvalue weighted by molar-refractivity contribution is 0.0628. The Morgan fingerprint density at radius 1 is 0.929 bits per heavy atom. The second kappa shape index (κ2) is 8.59. The van der Waals surface area contributed by atoms with Crippen LogP contribution in [0, 0.1) is 0 Å². The van der Waals surface area contributed by atoms with Crippen molar-refractivity contribution in [2.75, 3.05) is 26.2 Å². The van der Waals surface area contributed by atoms with Crippen molar-refractivity contribution in [3.8, 4) is 0 Å². The van der Waals surface area contributed by atoms with Crippen molar-refractivity contribution >= 4 is 17.5 Å². The highest BCUT2D eigenvalue weighted by Gasteiger charge is 2.22. The van der Waals surface area contributed by atoms with Gasteiger partial charge in [-0.2, -0.15) is 5.10 Å². The third-order valence-corrected chi connectivity index (χ3v) is 5.27. The molecule has 5 nitrogen and oxygen atoms in total. The average molecular weight is 395 g/mol. The molecule has 4 rings (SSSR count). The first-order chi connectivity index (χ1) is 13.7. The van der Waals surface area contributed by atoms with Gasteiger partial charge in [-0.1, -0.05) is 35.9 Å². The number of nitrogens with zero attached hydrogens (tertiary/aromatic N) is 4. The number of piperazine rings is 1. The van der Waals surface area contributed by atoms with Crippen LogP contribution >= 0.6 is 11.6 Å². The number of rotatable bonds is 5. The quantitative estimate of drug-likeness (QED) is 0.664. The summed E-state index contributed by atoms with van der Waals surface area (Å²) in [6.07, 6.45) is 3.69. The number of aromatic nitrogens is 2. The van der Waals surface area contributed by atoms with Gasteiger partial charge in [-0.05, 0) is 41.5 Å². The molecule has 0 spiro atoms. The monoisotopic (exact) mass is 394 g/mol. The van der Waals surface area contributed by atoms with E-state index >= 15 is 0 Å². The van der Waals surface area contributed by atoms with Gasteiger partial charge in [-0.25, -0.2) is 0 Å². The van der Waals surface area contributed by atoms with Crippen LogP contribution < -0.4 is 0 Å². The van der Waals surface area contributed by atoms with Gasteiger partial charge in [0, 0.05) is 55.7 Å². The molecule has 0 radical (unpaired) electrons. The number of carbonyl (C=O) groups excluding carboxylic acids is 1. The fraction of sp³-hybridized carbons (Fsp3) is 0.273. The van der Waals surface area contributed by atoms with E-state index in [-0.39, 0.29) is 5.91 Å². The standard InChI is InChI=1S/C22H23ClN4O/c23-21-7-2-5-19(15-21)16-25-10-12-26(13-11-25)22(28)20-6-1-4-18(14-20)17-27-9-3-8-24-27/h1-9,14-15H,10-13,16-17H2. The molecule has 2 aromatic carbocycles. The Kier molecular flexibility index (Phi) is 5.74. The Morgan fingerprint density at radius 2 is 1.68 bits per heavy atom. The van der Waals surface area contributed by atoms with Crippen LogP contribution in [0.5, 0.6) is 0 Å². The molecule has 28 heavy (non-hydrogen) atoms. The summed E-state index contributed by atoms with van der Waals surface area (Å²) in [6.45, 7) is 4.74. The molecule has 1 saturated heterocycles. The molecule has 0 N–H and O–H groups in total. The van der Waals surface area contributed by atoms with Crippen LogP contribution in [0.3, 0.4) is 0 Å². The number of amides is 1. The number of hydrogen-bond donors (Lipinski definition) is 0. The van der Waals surface area contributed by atoms with Gasteiger partial charge in [0.15, 0.2) is 0 Å². The summed E-state index contributed by atoms with van der Waals surface area (Å²) < 4.78 is 1.86. The molecule has 1 aromatic heterocycles. The fourth-order valence-corrected chi connectivity index (χ4v) is 3.78. The molecular weight excluding hydrogens is 372 g/mol. The summed E-state index contributed by atoms with van der Waals surface area (Å²) in [5, 5.41) is 5.00. The zero-order valence-electron chi connectivity index (χ0n) is 15.7. The Labute approximate surface area is 170 Å². The smallest absolute Gasteiger partial charge is 0.253 e. The van der Waals surface area contributed by atoms with Gasteiger partial charge in [0.2, 0.25) is 0 Å². The molecule has 1 amide bonds. The maximum Gasteiger partial charge on any atom is 0.253 e. The van der Waals surface area contributed by atoms with E-state index < -0.39 is 0 Å². The molecule has 6 heteroatoms. The molecule has 1 fully saturated rings. The van der Waals surface area contributed by atoms with Gasteiger partial charge in [-0.3, -0.25) is 14.4 Å². The summed E-state index contributed by atoms with van der Waals surface area (Å²) >= 11 is 6.08. The van der Waals surface area contributed by atoms with Crippen LogP contribution in [-0.4, -0.2) is 51.7 Å². The molecule has 2 heterocycles. The summed E-state index contributed by atoms with van der Waals surface area (Å²) in [5.41, 5.74) is 3.03. The maximum atomic E-state index is 12.9. The van der Waals surface area contributed by atoms with E-state index in [1.54, 1.807) is 6.20 Å². The van der Waals surface area contributed by atoms with E-state index in [9.17, 15) is 4.79 Å². The van der Waals surface area contributed by atoms with E-state index in [0.717, 1.165) is 48.9 Å². The van der Waals surface area contributed by atoms with E-state index in [4.69, 9.17) is 11.6 Å². The van der Waals surface area contributed by atoms with Crippen LogP contribution in [0.4, 0.5) is 0 Å². The highest BCUT2D eigenvalue weighted by Crippen LogP contribution is 2.16. The number of halogens is 1. The molecule has 1 aliphatic heterocycles. The minimum atomic E-state index is 0.102. The van der Waals surface area contributed by atoms with E-state index in [0.29, 0.717) is 6.54 Å². The van der Waals surface area contributed by atoms with Crippen molar-refractivity contribution in [1.29, 1.82) is 0 Å². The fourth-order valence-electron chi connectivity index (χ4n) is 3.57. The zero-order valence-corrected chi connectivity index (χ0v) is 16.4. The second-order valence-electron chi connectivity index (χ2n) is 7.10. The lowest BCUT2D eigenvalue weighted by Gasteiger charge is -2.35. The molecular formula is C22H23ClN4O. The van der Waals surface area contributed by atoms with Gasteiger partial charge in [-0.15, -0.1) is 0 Å². The SMILES string of the molecule is O=C(c1cccc(Cn2cccn2)c1)N1CCN(Cc2cccc(Cl)c2)CC1. The number of carbonyl (C=O) groups is 1. The first-order valence-corrected chi connectivity index (χ1v) is 9.87. The molecule has 0 saturated carbocycles. The summed E-state index contributed by atoms with van der Waals surface area (Å²) in [5.74, 6) is 0.102. The zero-order chi connectivity index (χ0) is 19.3. The molecule has 144 valence electrons. The Hall–Kier alpha value is -2.63. The normalized spacial score (nSPS) is 15.0. The van der Waals surface area contributed by atoms with E-state index in [2.05, 4.69) is 16.1 Å². The number of benzene rings is 2. The van der Waals surface area contributed by atoms with Gasteiger partial charge >= 0.3 is 0 Å². The molecule has 1 aliphatic rings. The molecule has 0 aliphatic carbocycles. The van der Waals surface area contributed by atoms with Gasteiger partial charge in [0.25, 0.3) is 5.91 Å². The van der Waals surface area contributed by atoms with Crippen molar-refractivity contribution in [3.63, 3.8) is 0 Å². The average Bonchev–Trinajstić information content (AvgIpc) is 3.21. The molecule has 0 bridgehead atoms. The van der Waals surface area contributed by atoms with Gasteiger partial charge < -0.3 is 4.90 Å². The summed E-state index contributed by atoms with van der Waals surface area (Å²) in [4.78, 5) is 17.2. The van der Waals surface area contributed by atoms with Crippen LogP contribution in [-0.2, 0) is 13.1 Å². The van der Waals surface area contributed by atoms with Crippen molar-refractivity contribution in [2.45, 2.75) is 13.1 Å². The molecule has 0 unspecified atom stereocenters. The topological polar surface area (TPSA) is 41.4 Å². The summed E-state index contributed by atoms with van der Waals surface area (Å²) in [6, 6.07) is 17.7. The second-order valence-corrected chi connectivity index (χ2v) is 7.54. The van der Waals surface area contributed by atoms with Crippen LogP contribution in [0.1, 0.15) is 21.5 Å². The maximum absolute atomic E-state index is 12.9. The molecule has 3 aromatic rings. The van der Waals surface area contributed by atoms with Crippen molar-refractivity contribution in [3.05, 3.63) is 88.7 Å². The Balaban J connectivity index is 1.35. The van der Waals surface area contributed by atoms with Crippen molar-refractivity contribution < 1.29 is 4.79 Å². The first-order valence-electron chi connectivity index (χ1n) is 9.50. The highest BCUT2D eigenvalue weighted by atomic mass is 35.5. The predicted octanol–water partition coefficient (Wildman–Crippen LogP) is 3.54. The first kappa shape index (κ1) is 18.7. The van der Waals surface area contributed by atoms with Crippen LogP contribution in [0.15, 0.2) is 67.0 Å². The van der Waals surface area contributed by atoms with Gasteiger partial charge in [0.05, 0.1) is 6.54 Å². The van der Waals surface area contributed by atoms with Gasteiger partial charge in [0.1, 0.15) is 0 Å².